The summed E-state index contributed by atoms with van der Waals surface area (Å²) in [5.74, 6) is -1.41. The lowest BCUT2D eigenvalue weighted by atomic mass is 9.95. The van der Waals surface area contributed by atoms with Crippen molar-refractivity contribution in [2.75, 3.05) is 36.4 Å². The summed E-state index contributed by atoms with van der Waals surface area (Å²) in [5, 5.41) is 2.75. The minimum Gasteiger partial charge on any atom is -0.370 e. The van der Waals surface area contributed by atoms with Crippen LogP contribution in [0, 0.1) is 11.7 Å². The molecule has 2 saturated heterocycles. The Morgan fingerprint density at radius 2 is 1.53 bits per heavy atom. The lowest BCUT2D eigenvalue weighted by molar-refractivity contribution is -0.137. The molecule has 34 heavy (non-hydrogen) atoms. The average Bonchev–Trinajstić information content (AvgIpc) is 2.84. The fraction of sp³-hybridized carbons (Fsp3) is 0.440. The van der Waals surface area contributed by atoms with Crippen molar-refractivity contribution >= 4 is 23.2 Å². The molecule has 2 heterocycles. The lowest BCUT2D eigenvalue weighted by Gasteiger charge is -2.33. The maximum atomic E-state index is 13.3. The standard InChI is InChI=1S/C25H27F4N3O2/c26-20-7-4-18(5-8-20)24(34)32-14-10-17(11-15-32)23(33)30-21-16-19(25(27,28)29)6-9-22(21)31-12-2-1-3-13-31/h4-9,16-17H,1-3,10-15H2,(H,30,33). The smallest absolute Gasteiger partial charge is 0.370 e. The Bertz CT molecular complexity index is 1030. The Morgan fingerprint density at radius 1 is 0.882 bits per heavy atom. The summed E-state index contributed by atoms with van der Waals surface area (Å²) in [5.41, 5.74) is 0.347. The number of alkyl halides is 3. The van der Waals surface area contributed by atoms with Gasteiger partial charge >= 0.3 is 6.18 Å². The highest BCUT2D eigenvalue weighted by Crippen LogP contribution is 2.37. The SMILES string of the molecule is O=C(Nc1cc(C(F)(F)F)ccc1N1CCCCC1)C1CCN(C(=O)c2ccc(F)cc2)CC1. The third kappa shape index (κ3) is 5.51. The van der Waals surface area contributed by atoms with E-state index >= 15 is 0 Å². The van der Waals surface area contributed by atoms with E-state index in [4.69, 9.17) is 0 Å². The molecule has 2 aliphatic rings. The van der Waals surface area contributed by atoms with Crippen molar-refractivity contribution in [2.24, 2.45) is 5.92 Å². The zero-order valence-corrected chi connectivity index (χ0v) is 18.7. The first kappa shape index (κ1) is 24.0. The van der Waals surface area contributed by atoms with E-state index in [0.717, 1.165) is 44.5 Å². The second-order valence-corrected chi connectivity index (χ2v) is 8.84. The predicted molar refractivity (Wildman–Crippen MR) is 121 cm³/mol. The molecular weight excluding hydrogens is 450 g/mol. The summed E-state index contributed by atoms with van der Waals surface area (Å²) in [6.45, 7) is 2.15. The maximum Gasteiger partial charge on any atom is 0.416 e. The number of nitrogens with zero attached hydrogens (tertiary/aromatic N) is 2. The minimum atomic E-state index is -4.51. The molecule has 0 aromatic heterocycles. The molecule has 0 atom stereocenters. The molecule has 5 nitrogen and oxygen atoms in total. The predicted octanol–water partition coefficient (Wildman–Crippen LogP) is 5.33. The van der Waals surface area contributed by atoms with Crippen LogP contribution in [0.4, 0.5) is 28.9 Å². The van der Waals surface area contributed by atoms with Crippen molar-refractivity contribution in [1.82, 2.24) is 4.90 Å². The highest BCUT2D eigenvalue weighted by Gasteiger charge is 2.33. The average molecular weight is 478 g/mol. The van der Waals surface area contributed by atoms with Gasteiger partial charge in [0.2, 0.25) is 5.91 Å². The molecule has 9 heteroatoms. The summed E-state index contributed by atoms with van der Waals surface area (Å²) < 4.78 is 53.1. The number of benzene rings is 2. The number of carbonyl (C=O) groups excluding carboxylic acids is 2. The van der Waals surface area contributed by atoms with Crippen LogP contribution in [0.25, 0.3) is 0 Å². The number of piperidine rings is 2. The summed E-state index contributed by atoms with van der Waals surface area (Å²) >= 11 is 0. The summed E-state index contributed by atoms with van der Waals surface area (Å²) in [6, 6.07) is 8.80. The van der Waals surface area contributed by atoms with Crippen LogP contribution in [0.1, 0.15) is 48.0 Å². The van der Waals surface area contributed by atoms with Gasteiger partial charge in [-0.15, -0.1) is 0 Å². The van der Waals surface area contributed by atoms with Crippen LogP contribution in [0.3, 0.4) is 0 Å². The number of hydrogen-bond donors (Lipinski definition) is 1. The number of nitrogens with one attached hydrogen (secondary N) is 1. The molecule has 2 aromatic rings. The number of halogens is 4. The summed E-state index contributed by atoms with van der Waals surface area (Å²) in [6.07, 6.45) is -0.725. The first-order valence-corrected chi connectivity index (χ1v) is 11.5. The molecular formula is C25H27F4N3O2. The van der Waals surface area contributed by atoms with Gasteiger partial charge in [-0.1, -0.05) is 0 Å². The van der Waals surface area contributed by atoms with Crippen LogP contribution in [-0.4, -0.2) is 42.9 Å². The Kier molecular flexibility index (Phi) is 7.09. The quantitative estimate of drug-likeness (QED) is 0.606. The van der Waals surface area contributed by atoms with E-state index in [1.54, 1.807) is 4.90 Å². The van der Waals surface area contributed by atoms with Crippen LogP contribution in [0.2, 0.25) is 0 Å². The molecule has 0 spiro atoms. The monoisotopic (exact) mass is 477 g/mol. The Labute approximate surface area is 195 Å². The van der Waals surface area contributed by atoms with Gasteiger partial charge < -0.3 is 15.1 Å². The van der Waals surface area contributed by atoms with Crippen LogP contribution in [-0.2, 0) is 11.0 Å². The first-order chi connectivity index (χ1) is 16.2. The van der Waals surface area contributed by atoms with E-state index in [1.165, 1.54) is 30.3 Å². The highest BCUT2D eigenvalue weighted by atomic mass is 19.4. The van der Waals surface area contributed by atoms with Gasteiger partial charge in [0.1, 0.15) is 5.82 Å². The molecule has 2 aliphatic heterocycles. The number of hydrogen-bond acceptors (Lipinski definition) is 3. The molecule has 2 aromatic carbocycles. The fourth-order valence-corrected chi connectivity index (χ4v) is 4.58. The Hall–Kier alpha value is -3.10. The molecule has 2 amide bonds. The van der Waals surface area contributed by atoms with Gasteiger partial charge in [-0.2, -0.15) is 13.2 Å². The largest absolute Gasteiger partial charge is 0.416 e. The molecule has 0 unspecified atom stereocenters. The van der Waals surface area contributed by atoms with Crippen molar-refractivity contribution in [2.45, 2.75) is 38.3 Å². The molecule has 182 valence electrons. The van der Waals surface area contributed by atoms with Crippen molar-refractivity contribution in [3.05, 3.63) is 59.4 Å². The van der Waals surface area contributed by atoms with Crippen LogP contribution >= 0.6 is 0 Å². The zero-order valence-electron chi connectivity index (χ0n) is 18.7. The van der Waals surface area contributed by atoms with E-state index in [2.05, 4.69) is 5.32 Å². The van der Waals surface area contributed by atoms with E-state index in [9.17, 15) is 27.2 Å². The van der Waals surface area contributed by atoms with Crippen molar-refractivity contribution in [3.8, 4) is 0 Å². The van der Waals surface area contributed by atoms with Crippen LogP contribution < -0.4 is 10.2 Å². The molecule has 0 radical (unpaired) electrons. The lowest BCUT2D eigenvalue weighted by Crippen LogP contribution is -2.41. The number of carbonyl (C=O) groups is 2. The second-order valence-electron chi connectivity index (χ2n) is 8.84. The van der Waals surface area contributed by atoms with Crippen molar-refractivity contribution < 1.29 is 27.2 Å². The number of likely N-dealkylation sites (tertiary alicyclic amines) is 1. The van der Waals surface area contributed by atoms with Gasteiger partial charge in [0.15, 0.2) is 0 Å². The number of amides is 2. The molecule has 1 N–H and O–H groups in total. The fourth-order valence-electron chi connectivity index (χ4n) is 4.58. The molecule has 0 saturated carbocycles. The maximum absolute atomic E-state index is 13.3. The Balaban J connectivity index is 1.44. The van der Waals surface area contributed by atoms with Crippen molar-refractivity contribution in [3.63, 3.8) is 0 Å². The molecule has 0 bridgehead atoms. The van der Waals surface area contributed by atoms with E-state index in [1.807, 2.05) is 4.90 Å². The third-order valence-corrected chi connectivity index (χ3v) is 6.52. The first-order valence-electron chi connectivity index (χ1n) is 11.5. The highest BCUT2D eigenvalue weighted by molar-refractivity contribution is 5.97. The van der Waals surface area contributed by atoms with Crippen molar-refractivity contribution in [1.29, 1.82) is 0 Å². The zero-order chi connectivity index (χ0) is 24.3. The minimum absolute atomic E-state index is 0.173. The number of anilines is 2. The topological polar surface area (TPSA) is 52.7 Å². The third-order valence-electron chi connectivity index (χ3n) is 6.52. The number of rotatable bonds is 4. The van der Waals surface area contributed by atoms with E-state index < -0.39 is 23.5 Å². The van der Waals surface area contributed by atoms with Gasteiger partial charge in [-0.05, 0) is 74.6 Å². The van der Waals surface area contributed by atoms with Gasteiger partial charge in [0.25, 0.3) is 5.91 Å². The van der Waals surface area contributed by atoms with Crippen LogP contribution in [0.5, 0.6) is 0 Å². The van der Waals surface area contributed by atoms with Gasteiger partial charge in [0.05, 0.1) is 16.9 Å². The Morgan fingerprint density at radius 3 is 2.15 bits per heavy atom. The van der Waals surface area contributed by atoms with E-state index in [-0.39, 0.29) is 17.5 Å². The summed E-state index contributed by atoms with van der Waals surface area (Å²) in [4.78, 5) is 29.2. The van der Waals surface area contributed by atoms with E-state index in [0.29, 0.717) is 37.2 Å². The van der Waals surface area contributed by atoms with Gasteiger partial charge in [0, 0.05) is 37.7 Å². The molecule has 0 aliphatic carbocycles. The second kappa shape index (κ2) is 10.0. The summed E-state index contributed by atoms with van der Waals surface area (Å²) in [7, 11) is 0. The van der Waals surface area contributed by atoms with Gasteiger partial charge in [-0.3, -0.25) is 9.59 Å². The normalized spacial score (nSPS) is 17.5. The molecule has 4 rings (SSSR count). The van der Waals surface area contributed by atoms with Crippen LogP contribution in [0.15, 0.2) is 42.5 Å². The van der Waals surface area contributed by atoms with Gasteiger partial charge in [-0.25, -0.2) is 4.39 Å². The molecule has 2 fully saturated rings.